The van der Waals surface area contributed by atoms with E-state index in [1.807, 2.05) is 6.07 Å². The number of ether oxygens (including phenoxy) is 2. The lowest BCUT2D eigenvalue weighted by Gasteiger charge is -2.09. The molecule has 39 heavy (non-hydrogen) atoms. The number of amides is 1. The minimum atomic E-state index is -0.737. The monoisotopic (exact) mass is 543 g/mol. The van der Waals surface area contributed by atoms with Gasteiger partial charge in [0.1, 0.15) is 39.5 Å². The Morgan fingerprint density at radius 1 is 1.10 bits per heavy atom. The van der Waals surface area contributed by atoms with Crippen molar-refractivity contribution in [2.24, 2.45) is 0 Å². The molecule has 11 heteroatoms. The number of furan rings is 1. The summed E-state index contributed by atoms with van der Waals surface area (Å²) in [6.45, 7) is 1.82. The van der Waals surface area contributed by atoms with Gasteiger partial charge >= 0.3 is 5.97 Å². The molecule has 0 unspecified atom stereocenters. The minimum Gasteiger partial charge on any atom is -0.497 e. The van der Waals surface area contributed by atoms with Gasteiger partial charge < -0.3 is 19.2 Å². The van der Waals surface area contributed by atoms with Crippen molar-refractivity contribution >= 4 is 40.0 Å². The van der Waals surface area contributed by atoms with Crippen molar-refractivity contribution in [2.75, 3.05) is 19.0 Å². The number of nitro groups is 1. The van der Waals surface area contributed by atoms with E-state index in [0.29, 0.717) is 22.6 Å². The topological polar surface area (TPSA) is 145 Å². The first-order valence-electron chi connectivity index (χ1n) is 11.6. The number of nitrogens with zero attached hydrogens (tertiary/aromatic N) is 2. The van der Waals surface area contributed by atoms with Gasteiger partial charge in [-0.25, -0.2) is 4.79 Å². The van der Waals surface area contributed by atoms with Gasteiger partial charge in [-0.3, -0.25) is 14.9 Å². The van der Waals surface area contributed by atoms with Gasteiger partial charge in [-0.2, -0.15) is 5.26 Å². The van der Waals surface area contributed by atoms with E-state index in [0.717, 1.165) is 16.9 Å². The van der Waals surface area contributed by atoms with Gasteiger partial charge in [0.25, 0.3) is 11.6 Å². The van der Waals surface area contributed by atoms with Crippen molar-refractivity contribution < 1.29 is 28.4 Å². The smallest absolute Gasteiger partial charge is 0.341 e. The highest BCUT2D eigenvalue weighted by Crippen LogP contribution is 2.37. The maximum atomic E-state index is 13.0. The van der Waals surface area contributed by atoms with E-state index in [2.05, 4.69) is 5.32 Å². The summed E-state index contributed by atoms with van der Waals surface area (Å²) >= 11 is 1.13. The number of rotatable bonds is 9. The molecule has 2 aromatic heterocycles. The van der Waals surface area contributed by atoms with Crippen LogP contribution >= 0.6 is 11.3 Å². The maximum absolute atomic E-state index is 13.0. The molecule has 0 radical (unpaired) electrons. The molecule has 4 aromatic rings. The summed E-state index contributed by atoms with van der Waals surface area (Å²) in [7, 11) is 1.55. The second-order valence-corrected chi connectivity index (χ2v) is 8.81. The number of nitrogens with one attached hydrogen (secondary N) is 1. The van der Waals surface area contributed by atoms with Gasteiger partial charge in [0.05, 0.1) is 18.6 Å². The number of methoxy groups -OCH3 is 1. The molecule has 0 saturated carbocycles. The SMILES string of the molecule is CCOC(=O)c1c(-c2ccc(OC)cc2)csc1NC(=O)C(C#N)=Cc1ccc(-c2ccc([N+](=O)[O-])cc2)o1. The van der Waals surface area contributed by atoms with Crippen LogP contribution in [0.2, 0.25) is 0 Å². The van der Waals surface area contributed by atoms with Crippen LogP contribution in [0.25, 0.3) is 28.5 Å². The average molecular weight is 544 g/mol. The Bertz CT molecular complexity index is 1590. The van der Waals surface area contributed by atoms with Gasteiger partial charge in [-0.15, -0.1) is 11.3 Å². The van der Waals surface area contributed by atoms with E-state index in [1.165, 1.54) is 30.3 Å². The van der Waals surface area contributed by atoms with E-state index >= 15 is 0 Å². The molecular weight excluding hydrogens is 522 g/mol. The molecule has 4 rings (SSSR count). The van der Waals surface area contributed by atoms with E-state index in [1.54, 1.807) is 55.8 Å². The van der Waals surface area contributed by atoms with Gasteiger partial charge in [0.2, 0.25) is 0 Å². The molecule has 1 N–H and O–H groups in total. The number of nitro benzene ring substituents is 1. The zero-order chi connectivity index (χ0) is 27.9. The fourth-order valence-electron chi connectivity index (χ4n) is 3.63. The zero-order valence-corrected chi connectivity index (χ0v) is 21.6. The van der Waals surface area contributed by atoms with Crippen LogP contribution in [0.4, 0.5) is 10.7 Å². The highest BCUT2D eigenvalue weighted by Gasteiger charge is 2.24. The number of benzene rings is 2. The number of carbonyl (C=O) groups is 2. The number of nitriles is 1. The van der Waals surface area contributed by atoms with Crippen molar-refractivity contribution in [1.29, 1.82) is 5.26 Å². The number of hydrogen-bond acceptors (Lipinski definition) is 9. The number of non-ortho nitro benzene ring substituents is 1. The summed E-state index contributed by atoms with van der Waals surface area (Å²) < 4.78 is 16.1. The van der Waals surface area contributed by atoms with Gasteiger partial charge in [-0.05, 0) is 48.9 Å². The molecule has 0 saturated heterocycles. The summed E-state index contributed by atoms with van der Waals surface area (Å²) in [5, 5.41) is 25.1. The van der Waals surface area contributed by atoms with E-state index in [-0.39, 0.29) is 34.2 Å². The molecule has 2 aromatic carbocycles. The Balaban J connectivity index is 1.59. The zero-order valence-electron chi connectivity index (χ0n) is 20.8. The summed E-state index contributed by atoms with van der Waals surface area (Å²) in [6.07, 6.45) is 1.27. The molecule has 0 fully saturated rings. The first-order valence-corrected chi connectivity index (χ1v) is 12.4. The summed E-state index contributed by atoms with van der Waals surface area (Å²) in [5.41, 5.74) is 1.75. The molecule has 0 aliphatic rings. The van der Waals surface area contributed by atoms with Crippen LogP contribution in [-0.4, -0.2) is 30.5 Å². The molecule has 0 bridgehead atoms. The quantitative estimate of drug-likeness (QED) is 0.0849. The predicted molar refractivity (Wildman–Crippen MR) is 145 cm³/mol. The molecule has 0 spiro atoms. The fourth-order valence-corrected chi connectivity index (χ4v) is 4.59. The van der Waals surface area contributed by atoms with Crippen LogP contribution in [0.1, 0.15) is 23.0 Å². The lowest BCUT2D eigenvalue weighted by molar-refractivity contribution is -0.384. The first-order chi connectivity index (χ1) is 18.8. The van der Waals surface area contributed by atoms with Crippen LogP contribution < -0.4 is 10.1 Å². The van der Waals surface area contributed by atoms with Crippen LogP contribution in [0, 0.1) is 21.4 Å². The molecule has 0 atom stereocenters. The van der Waals surface area contributed by atoms with E-state index < -0.39 is 16.8 Å². The third-order valence-corrected chi connectivity index (χ3v) is 6.44. The number of hydrogen-bond donors (Lipinski definition) is 1. The lowest BCUT2D eigenvalue weighted by Crippen LogP contribution is -2.16. The van der Waals surface area contributed by atoms with Crippen LogP contribution in [0.15, 0.2) is 76.0 Å². The highest BCUT2D eigenvalue weighted by atomic mass is 32.1. The van der Waals surface area contributed by atoms with Crippen molar-refractivity contribution in [1.82, 2.24) is 0 Å². The molecular formula is C28H21N3O7S. The van der Waals surface area contributed by atoms with Gasteiger partial charge in [0.15, 0.2) is 0 Å². The molecule has 0 aliphatic heterocycles. The van der Waals surface area contributed by atoms with E-state index in [9.17, 15) is 25.0 Å². The Kier molecular flexibility index (Phi) is 8.18. The summed E-state index contributed by atoms with van der Waals surface area (Å²) in [6, 6.07) is 17.9. The van der Waals surface area contributed by atoms with Crippen molar-refractivity contribution in [3.63, 3.8) is 0 Å². The molecule has 196 valence electrons. The molecule has 0 aliphatic carbocycles. The van der Waals surface area contributed by atoms with Gasteiger partial charge in [0, 0.05) is 34.7 Å². The Morgan fingerprint density at radius 3 is 2.41 bits per heavy atom. The third kappa shape index (κ3) is 6.03. The Hall–Kier alpha value is -5.21. The molecule has 10 nitrogen and oxygen atoms in total. The number of thiophene rings is 1. The summed E-state index contributed by atoms with van der Waals surface area (Å²) in [5.74, 6) is -0.0640. The van der Waals surface area contributed by atoms with Crippen LogP contribution in [0.5, 0.6) is 5.75 Å². The molecule has 2 heterocycles. The number of carbonyl (C=O) groups excluding carboxylic acids is 2. The second-order valence-electron chi connectivity index (χ2n) is 7.93. The highest BCUT2D eigenvalue weighted by molar-refractivity contribution is 7.15. The fraction of sp³-hybridized carbons (Fsp3) is 0.107. The Morgan fingerprint density at radius 2 is 1.79 bits per heavy atom. The minimum absolute atomic E-state index is 0.0558. The van der Waals surface area contributed by atoms with Crippen LogP contribution in [0.3, 0.4) is 0 Å². The summed E-state index contributed by atoms with van der Waals surface area (Å²) in [4.78, 5) is 36.2. The lowest BCUT2D eigenvalue weighted by atomic mass is 10.0. The standard InChI is InChI=1S/C28H21N3O7S/c1-3-37-28(33)25-23(17-6-10-21(36-2)11-7-17)16-39-27(25)30-26(32)19(15-29)14-22-12-13-24(38-22)18-4-8-20(9-5-18)31(34)35/h4-14,16H,3H2,1-2H3,(H,30,32). The van der Waals surface area contributed by atoms with Crippen molar-refractivity contribution in [3.05, 3.63) is 93.1 Å². The van der Waals surface area contributed by atoms with Crippen LogP contribution in [-0.2, 0) is 9.53 Å². The van der Waals surface area contributed by atoms with Gasteiger partial charge in [-0.1, -0.05) is 12.1 Å². The number of anilines is 1. The normalized spacial score (nSPS) is 10.9. The number of esters is 1. The molecule has 1 amide bonds. The first kappa shape index (κ1) is 26.8. The second kappa shape index (κ2) is 11.9. The average Bonchev–Trinajstić information content (AvgIpc) is 3.59. The Labute approximate surface area is 226 Å². The maximum Gasteiger partial charge on any atom is 0.341 e. The largest absolute Gasteiger partial charge is 0.497 e. The van der Waals surface area contributed by atoms with Crippen molar-refractivity contribution in [3.8, 4) is 34.3 Å². The van der Waals surface area contributed by atoms with E-state index in [4.69, 9.17) is 13.9 Å². The van der Waals surface area contributed by atoms with Crippen molar-refractivity contribution in [2.45, 2.75) is 6.92 Å². The predicted octanol–water partition coefficient (Wildman–Crippen LogP) is 6.31. The third-order valence-electron chi connectivity index (χ3n) is 5.54.